The molecule has 7 heteroatoms. The zero-order valence-corrected chi connectivity index (χ0v) is 18.4. The van der Waals surface area contributed by atoms with E-state index in [1.807, 2.05) is 26.5 Å². The highest BCUT2D eigenvalue weighted by Gasteiger charge is 2.21. The van der Waals surface area contributed by atoms with Gasteiger partial charge in [0.05, 0.1) is 18.0 Å². The molecule has 1 unspecified atom stereocenters. The van der Waals surface area contributed by atoms with Crippen LogP contribution in [0.3, 0.4) is 0 Å². The molecule has 0 spiro atoms. The van der Waals surface area contributed by atoms with E-state index in [1.54, 1.807) is 12.1 Å². The number of piperidine rings is 1. The van der Waals surface area contributed by atoms with Crippen LogP contribution in [0.1, 0.15) is 31.7 Å². The van der Waals surface area contributed by atoms with E-state index in [0.717, 1.165) is 55.9 Å². The number of pyridine rings is 2. The molecular formula is C22H34N6O. The van der Waals surface area contributed by atoms with E-state index in [0.29, 0.717) is 6.10 Å². The van der Waals surface area contributed by atoms with E-state index in [9.17, 15) is 0 Å². The fraction of sp³-hybridized carbons (Fsp3) is 0.545. The predicted molar refractivity (Wildman–Crippen MR) is 119 cm³/mol. The van der Waals surface area contributed by atoms with Gasteiger partial charge >= 0.3 is 0 Å². The van der Waals surface area contributed by atoms with Crippen molar-refractivity contribution >= 4 is 17.2 Å². The number of H-pyrrole nitrogens is 1. The first-order valence-corrected chi connectivity index (χ1v) is 10.4. The molecule has 158 valence electrons. The van der Waals surface area contributed by atoms with Crippen LogP contribution < -0.4 is 15.3 Å². The molecule has 0 aliphatic carbocycles. The summed E-state index contributed by atoms with van der Waals surface area (Å²) in [6.07, 6.45) is 7.56. The van der Waals surface area contributed by atoms with Crippen molar-refractivity contribution in [1.82, 2.24) is 15.0 Å². The molecule has 1 N–H and O–H groups in total. The highest BCUT2D eigenvalue weighted by Crippen LogP contribution is 2.29. The summed E-state index contributed by atoms with van der Waals surface area (Å²) in [7, 11) is 5.64. The summed E-state index contributed by atoms with van der Waals surface area (Å²) in [6, 6.07) is 6.40. The largest absolute Gasteiger partial charge is 0.380 e. The topological polar surface area (TPSA) is 60.0 Å². The van der Waals surface area contributed by atoms with Crippen molar-refractivity contribution in [3.05, 3.63) is 41.6 Å². The van der Waals surface area contributed by atoms with Crippen LogP contribution in [0.4, 0.5) is 17.2 Å². The smallest absolute Gasteiger partial charge is 0.152 e. The lowest BCUT2D eigenvalue weighted by molar-refractivity contribution is 0.0893. The number of ether oxygens (including phenoxy) is 1. The Morgan fingerprint density at radius 3 is 2.86 bits per heavy atom. The quantitative estimate of drug-likeness (QED) is 0.726. The third-order valence-corrected chi connectivity index (χ3v) is 5.21. The second-order valence-electron chi connectivity index (χ2n) is 7.81. The molecule has 2 aromatic rings. The van der Waals surface area contributed by atoms with Gasteiger partial charge in [0.25, 0.3) is 0 Å². The maximum absolute atomic E-state index is 5.58. The predicted octanol–water partition coefficient (Wildman–Crippen LogP) is 3.26. The Kier molecular flexibility index (Phi) is 7.14. The van der Waals surface area contributed by atoms with Gasteiger partial charge in [-0.1, -0.05) is 6.92 Å². The molecule has 1 saturated heterocycles. The number of hydrogen-bond donors (Lipinski definition) is 1. The van der Waals surface area contributed by atoms with Crippen LogP contribution in [0.5, 0.6) is 0 Å². The number of nitrogens with zero attached hydrogens (tertiary/aromatic N) is 5. The van der Waals surface area contributed by atoms with Crippen molar-refractivity contribution in [3.63, 3.8) is 0 Å². The number of nitrogens with one attached hydrogen (secondary N) is 1. The summed E-state index contributed by atoms with van der Waals surface area (Å²) in [5, 5.41) is 6.28. The molecule has 0 amide bonds. The van der Waals surface area contributed by atoms with Gasteiger partial charge in [-0.2, -0.15) is 5.10 Å². The molecule has 1 fully saturated rings. The Labute approximate surface area is 174 Å². The van der Waals surface area contributed by atoms with Gasteiger partial charge in [-0.3, -0.25) is 0 Å². The van der Waals surface area contributed by atoms with Gasteiger partial charge in [0.1, 0.15) is 5.82 Å². The molecule has 3 heterocycles. The first-order chi connectivity index (χ1) is 14.0. The number of rotatable bonds is 7. The van der Waals surface area contributed by atoms with E-state index in [-0.39, 0.29) is 0 Å². The summed E-state index contributed by atoms with van der Waals surface area (Å²) in [5.74, 6) is 0.998. The fourth-order valence-corrected chi connectivity index (χ4v) is 3.84. The van der Waals surface area contributed by atoms with Gasteiger partial charge < -0.3 is 24.5 Å². The lowest BCUT2D eigenvalue weighted by Gasteiger charge is -2.34. The molecular weight excluding hydrogens is 364 g/mol. The lowest BCUT2D eigenvalue weighted by atomic mass is 10.1. The summed E-state index contributed by atoms with van der Waals surface area (Å²) in [4.78, 5) is 12.7. The van der Waals surface area contributed by atoms with Crippen LogP contribution in [0.15, 0.2) is 35.7 Å². The van der Waals surface area contributed by atoms with E-state index in [2.05, 4.69) is 51.9 Å². The SMILES string of the molecule is CCCN(c1cc[nH]/c(=N\N(C)C)c1)c1ncc(N2CCCC(OC)C2)cc1C. The van der Waals surface area contributed by atoms with Gasteiger partial charge in [0, 0.05) is 58.8 Å². The van der Waals surface area contributed by atoms with Crippen LogP contribution in [0.2, 0.25) is 0 Å². The van der Waals surface area contributed by atoms with Gasteiger partial charge in [-0.05, 0) is 43.9 Å². The van der Waals surface area contributed by atoms with Crippen LogP contribution >= 0.6 is 0 Å². The second kappa shape index (κ2) is 9.78. The highest BCUT2D eigenvalue weighted by molar-refractivity contribution is 5.64. The lowest BCUT2D eigenvalue weighted by Crippen LogP contribution is -2.39. The van der Waals surface area contributed by atoms with E-state index < -0.39 is 0 Å². The number of anilines is 3. The van der Waals surface area contributed by atoms with Gasteiger partial charge in [-0.15, -0.1) is 0 Å². The van der Waals surface area contributed by atoms with Crippen LogP contribution in [-0.2, 0) is 4.74 Å². The van der Waals surface area contributed by atoms with Crippen LogP contribution in [-0.4, -0.2) is 61.9 Å². The minimum atomic E-state index is 0.305. The highest BCUT2D eigenvalue weighted by atomic mass is 16.5. The first kappa shape index (κ1) is 21.2. The van der Waals surface area contributed by atoms with E-state index >= 15 is 0 Å². The fourth-order valence-electron chi connectivity index (χ4n) is 3.84. The normalized spacial score (nSPS) is 17.5. The Balaban J connectivity index is 1.90. The van der Waals surface area contributed by atoms with Crippen molar-refractivity contribution in [2.75, 3.05) is 50.6 Å². The summed E-state index contributed by atoms with van der Waals surface area (Å²) < 4.78 is 5.58. The van der Waals surface area contributed by atoms with E-state index in [4.69, 9.17) is 9.72 Å². The number of hydrogen-bond acceptors (Lipinski definition) is 6. The molecule has 3 rings (SSSR count). The average molecular weight is 399 g/mol. The Morgan fingerprint density at radius 2 is 2.17 bits per heavy atom. The third-order valence-electron chi connectivity index (χ3n) is 5.21. The second-order valence-corrected chi connectivity index (χ2v) is 7.81. The van der Waals surface area contributed by atoms with Crippen molar-refractivity contribution in [2.45, 2.75) is 39.2 Å². The Bertz CT molecular complexity index is 862. The minimum Gasteiger partial charge on any atom is -0.380 e. The maximum Gasteiger partial charge on any atom is 0.152 e. The average Bonchev–Trinajstić information content (AvgIpc) is 2.72. The molecule has 1 aliphatic heterocycles. The van der Waals surface area contributed by atoms with Crippen molar-refractivity contribution in [3.8, 4) is 0 Å². The number of aromatic amines is 1. The zero-order chi connectivity index (χ0) is 20.8. The molecule has 2 aromatic heterocycles. The number of methoxy groups -OCH3 is 1. The molecule has 29 heavy (non-hydrogen) atoms. The Morgan fingerprint density at radius 1 is 1.34 bits per heavy atom. The van der Waals surface area contributed by atoms with E-state index in [1.165, 1.54) is 11.3 Å². The maximum atomic E-state index is 5.58. The van der Waals surface area contributed by atoms with Crippen LogP contribution in [0.25, 0.3) is 0 Å². The molecule has 0 aromatic carbocycles. The molecule has 0 saturated carbocycles. The van der Waals surface area contributed by atoms with Crippen molar-refractivity contribution in [1.29, 1.82) is 0 Å². The van der Waals surface area contributed by atoms with Crippen molar-refractivity contribution < 1.29 is 4.74 Å². The summed E-state index contributed by atoms with van der Waals surface area (Å²) in [5.41, 5.74) is 4.26. The monoisotopic (exact) mass is 398 g/mol. The number of aryl methyl sites for hydroxylation is 1. The van der Waals surface area contributed by atoms with Gasteiger partial charge in [0.2, 0.25) is 0 Å². The van der Waals surface area contributed by atoms with Gasteiger partial charge in [0.15, 0.2) is 5.49 Å². The minimum absolute atomic E-state index is 0.305. The Hall–Kier alpha value is -2.54. The number of aromatic nitrogens is 2. The molecule has 0 bridgehead atoms. The molecule has 7 nitrogen and oxygen atoms in total. The van der Waals surface area contributed by atoms with Gasteiger partial charge in [-0.25, -0.2) is 4.98 Å². The summed E-state index contributed by atoms with van der Waals surface area (Å²) >= 11 is 0. The third kappa shape index (κ3) is 5.29. The molecule has 1 atom stereocenters. The molecule has 1 aliphatic rings. The van der Waals surface area contributed by atoms with Crippen LogP contribution in [0, 0.1) is 6.92 Å². The zero-order valence-electron chi connectivity index (χ0n) is 18.4. The first-order valence-electron chi connectivity index (χ1n) is 10.4. The standard InChI is InChI=1S/C22H34N6O/c1-6-11-28(18-9-10-23-21(14-18)25-26(3)4)22-17(2)13-19(15-24-22)27-12-7-8-20(16-27)29-5/h9-10,13-15,20H,6-8,11-12,16H2,1-5H3,(H,23,25). The summed E-state index contributed by atoms with van der Waals surface area (Å²) in [6.45, 7) is 7.22. The van der Waals surface area contributed by atoms with Crippen molar-refractivity contribution in [2.24, 2.45) is 5.10 Å². The molecule has 0 radical (unpaired) electrons.